The van der Waals surface area contributed by atoms with E-state index in [2.05, 4.69) is 26.0 Å². The number of amides is 3. The number of benzene rings is 1. The predicted octanol–water partition coefficient (Wildman–Crippen LogP) is 1.85. The number of nitrogens with zero attached hydrogens (tertiary/aromatic N) is 3. The van der Waals surface area contributed by atoms with Crippen molar-refractivity contribution in [2.24, 2.45) is 0 Å². The van der Waals surface area contributed by atoms with Crippen molar-refractivity contribution in [1.82, 2.24) is 20.1 Å². The van der Waals surface area contributed by atoms with Crippen LogP contribution in [-0.2, 0) is 11.3 Å². The number of hydrogen-bond donors (Lipinski definition) is 3. The van der Waals surface area contributed by atoms with Gasteiger partial charge in [0, 0.05) is 18.2 Å². The van der Waals surface area contributed by atoms with Crippen LogP contribution in [0.1, 0.15) is 20.3 Å². The molecule has 0 fully saturated rings. The van der Waals surface area contributed by atoms with E-state index in [1.165, 1.54) is 13.4 Å². The number of hydrogen-bond acceptors (Lipinski definition) is 5. The van der Waals surface area contributed by atoms with Crippen molar-refractivity contribution >= 4 is 23.3 Å². The summed E-state index contributed by atoms with van der Waals surface area (Å²) in [5.74, 6) is 0.383. The van der Waals surface area contributed by atoms with Gasteiger partial charge in [-0.2, -0.15) is 5.10 Å². The summed E-state index contributed by atoms with van der Waals surface area (Å²) in [6, 6.07) is 4.53. The Morgan fingerprint density at radius 2 is 2.12 bits per heavy atom. The van der Waals surface area contributed by atoms with E-state index in [1.807, 2.05) is 6.92 Å². The highest BCUT2D eigenvalue weighted by molar-refractivity contribution is 5.95. The van der Waals surface area contributed by atoms with Crippen LogP contribution in [0.3, 0.4) is 0 Å². The number of methoxy groups -OCH3 is 1. The Morgan fingerprint density at radius 3 is 2.76 bits per heavy atom. The van der Waals surface area contributed by atoms with E-state index in [1.54, 1.807) is 36.1 Å². The lowest BCUT2D eigenvalue weighted by molar-refractivity contribution is -0.115. The number of anilines is 2. The lowest BCUT2D eigenvalue weighted by Crippen LogP contribution is -2.38. The molecule has 1 aromatic carbocycles. The Hall–Kier alpha value is -3.10. The predicted molar refractivity (Wildman–Crippen MR) is 93.6 cm³/mol. The number of carbonyl (C=O) groups excluding carboxylic acids is 2. The Bertz CT molecular complexity index is 717. The van der Waals surface area contributed by atoms with Gasteiger partial charge in [-0.05, 0) is 25.1 Å². The molecule has 1 atom stereocenters. The maximum Gasteiger partial charge on any atom is 0.319 e. The first-order valence-electron chi connectivity index (χ1n) is 7.89. The molecule has 0 unspecified atom stereocenters. The number of urea groups is 1. The molecule has 25 heavy (non-hydrogen) atoms. The molecule has 0 saturated carbocycles. The van der Waals surface area contributed by atoms with Crippen molar-refractivity contribution in [3.63, 3.8) is 0 Å². The molecule has 0 aliphatic heterocycles. The molecule has 0 spiro atoms. The monoisotopic (exact) mass is 346 g/mol. The number of rotatable bonds is 7. The maximum absolute atomic E-state index is 12.1. The summed E-state index contributed by atoms with van der Waals surface area (Å²) in [5, 5.41) is 12.3. The normalized spacial score (nSPS) is 11.5. The van der Waals surface area contributed by atoms with Crippen LogP contribution >= 0.6 is 0 Å². The second kappa shape index (κ2) is 8.67. The Kier molecular flexibility index (Phi) is 6.33. The van der Waals surface area contributed by atoms with Gasteiger partial charge in [0.25, 0.3) is 0 Å². The van der Waals surface area contributed by atoms with Crippen molar-refractivity contribution in [2.45, 2.75) is 32.9 Å². The SMILES string of the molecule is CCC(=O)Nc1cc(NC(=O)N[C@H](C)Cn2cncn2)ccc1OC. The van der Waals surface area contributed by atoms with Gasteiger partial charge in [-0.1, -0.05) is 6.92 Å². The highest BCUT2D eigenvalue weighted by atomic mass is 16.5. The molecule has 0 aliphatic rings. The zero-order chi connectivity index (χ0) is 18.2. The van der Waals surface area contributed by atoms with Crippen LogP contribution in [-0.4, -0.2) is 39.9 Å². The van der Waals surface area contributed by atoms with E-state index >= 15 is 0 Å². The van der Waals surface area contributed by atoms with E-state index in [9.17, 15) is 9.59 Å². The minimum Gasteiger partial charge on any atom is -0.495 e. The number of aromatic nitrogens is 3. The summed E-state index contributed by atoms with van der Waals surface area (Å²) in [6.45, 7) is 4.13. The van der Waals surface area contributed by atoms with Crippen LogP contribution in [0.4, 0.5) is 16.2 Å². The molecule has 1 aromatic heterocycles. The third-order valence-electron chi connectivity index (χ3n) is 3.36. The molecule has 134 valence electrons. The van der Waals surface area contributed by atoms with E-state index < -0.39 is 0 Å². The summed E-state index contributed by atoms with van der Waals surface area (Å²) in [4.78, 5) is 27.6. The molecule has 2 aromatic rings. The van der Waals surface area contributed by atoms with Gasteiger partial charge < -0.3 is 20.7 Å². The number of carbonyl (C=O) groups is 2. The van der Waals surface area contributed by atoms with E-state index in [-0.39, 0.29) is 18.0 Å². The summed E-state index contributed by atoms with van der Waals surface area (Å²) in [6.07, 6.45) is 3.37. The summed E-state index contributed by atoms with van der Waals surface area (Å²) >= 11 is 0. The standard InChI is InChI=1S/C16H22N6O3/c1-4-15(23)21-13-7-12(5-6-14(13)25-3)20-16(24)19-11(2)8-22-10-17-9-18-22/h5-7,9-11H,4,8H2,1-3H3,(H,21,23)(H2,19,20,24)/t11-/m1/s1. The first kappa shape index (κ1) is 18.2. The Balaban J connectivity index is 1.97. The summed E-state index contributed by atoms with van der Waals surface area (Å²) in [5.41, 5.74) is 1.04. The smallest absolute Gasteiger partial charge is 0.319 e. The Morgan fingerprint density at radius 1 is 1.32 bits per heavy atom. The van der Waals surface area contributed by atoms with Crippen molar-refractivity contribution in [3.8, 4) is 5.75 Å². The molecule has 0 saturated heterocycles. The van der Waals surface area contributed by atoms with E-state index in [0.717, 1.165) is 0 Å². The van der Waals surface area contributed by atoms with Crippen LogP contribution in [0.5, 0.6) is 5.75 Å². The Labute approximate surface area is 145 Å². The lowest BCUT2D eigenvalue weighted by Gasteiger charge is -2.16. The summed E-state index contributed by atoms with van der Waals surface area (Å²) in [7, 11) is 1.52. The average Bonchev–Trinajstić information content (AvgIpc) is 3.07. The third kappa shape index (κ3) is 5.48. The fourth-order valence-electron chi connectivity index (χ4n) is 2.17. The number of ether oxygens (including phenoxy) is 1. The second-order valence-corrected chi connectivity index (χ2v) is 5.43. The van der Waals surface area contributed by atoms with Gasteiger partial charge in [-0.3, -0.25) is 9.48 Å². The molecule has 2 rings (SSSR count). The van der Waals surface area contributed by atoms with Crippen LogP contribution in [0, 0.1) is 0 Å². The van der Waals surface area contributed by atoms with Crippen molar-refractivity contribution in [1.29, 1.82) is 0 Å². The van der Waals surface area contributed by atoms with Gasteiger partial charge in [0.15, 0.2) is 0 Å². The molecule has 9 nitrogen and oxygen atoms in total. The lowest BCUT2D eigenvalue weighted by atomic mass is 10.2. The van der Waals surface area contributed by atoms with Gasteiger partial charge in [0.05, 0.1) is 19.3 Å². The molecule has 9 heteroatoms. The molecular weight excluding hydrogens is 324 g/mol. The van der Waals surface area contributed by atoms with Gasteiger partial charge in [-0.15, -0.1) is 0 Å². The highest BCUT2D eigenvalue weighted by Crippen LogP contribution is 2.28. The molecule has 3 amide bonds. The average molecular weight is 346 g/mol. The topological polar surface area (TPSA) is 110 Å². The fraction of sp³-hybridized carbons (Fsp3) is 0.375. The maximum atomic E-state index is 12.1. The third-order valence-corrected chi connectivity index (χ3v) is 3.36. The summed E-state index contributed by atoms with van der Waals surface area (Å²) < 4.78 is 6.85. The zero-order valence-corrected chi connectivity index (χ0v) is 14.4. The van der Waals surface area contributed by atoms with Gasteiger partial charge >= 0.3 is 6.03 Å². The van der Waals surface area contributed by atoms with Gasteiger partial charge in [-0.25, -0.2) is 9.78 Å². The van der Waals surface area contributed by atoms with E-state index in [0.29, 0.717) is 30.1 Å². The van der Waals surface area contributed by atoms with Gasteiger partial charge in [0.1, 0.15) is 18.4 Å². The largest absolute Gasteiger partial charge is 0.495 e. The first-order valence-corrected chi connectivity index (χ1v) is 7.89. The van der Waals surface area contributed by atoms with Crippen LogP contribution in [0.2, 0.25) is 0 Å². The molecule has 1 heterocycles. The molecular formula is C16H22N6O3. The van der Waals surface area contributed by atoms with Crippen molar-refractivity contribution < 1.29 is 14.3 Å². The first-order chi connectivity index (χ1) is 12.0. The molecule has 0 radical (unpaired) electrons. The minimum atomic E-state index is -0.356. The van der Waals surface area contributed by atoms with E-state index in [4.69, 9.17) is 4.74 Å². The van der Waals surface area contributed by atoms with Gasteiger partial charge in [0.2, 0.25) is 5.91 Å². The highest BCUT2D eigenvalue weighted by Gasteiger charge is 2.11. The van der Waals surface area contributed by atoms with Crippen molar-refractivity contribution in [3.05, 3.63) is 30.9 Å². The quantitative estimate of drug-likeness (QED) is 0.708. The fourth-order valence-corrected chi connectivity index (χ4v) is 2.17. The minimum absolute atomic E-state index is 0.138. The van der Waals surface area contributed by atoms with Crippen LogP contribution < -0.4 is 20.7 Å². The molecule has 0 bridgehead atoms. The van der Waals surface area contributed by atoms with Crippen LogP contribution in [0.25, 0.3) is 0 Å². The molecule has 0 aliphatic carbocycles. The van der Waals surface area contributed by atoms with Crippen LogP contribution in [0.15, 0.2) is 30.9 Å². The second-order valence-electron chi connectivity index (χ2n) is 5.43. The number of nitrogens with one attached hydrogen (secondary N) is 3. The zero-order valence-electron chi connectivity index (χ0n) is 14.4. The van der Waals surface area contributed by atoms with Crippen molar-refractivity contribution in [2.75, 3.05) is 17.7 Å². The molecule has 3 N–H and O–H groups in total.